The predicted octanol–water partition coefficient (Wildman–Crippen LogP) is 2.94. The number of hydrogen-bond donors (Lipinski definition) is 1. The Bertz CT molecular complexity index is 731. The average molecular weight is 403 g/mol. The first kappa shape index (κ1) is 20.3. The Morgan fingerprint density at radius 3 is 2.24 bits per heavy atom. The Kier molecular flexibility index (Phi) is 6.15. The Morgan fingerprint density at radius 2 is 1.52 bits per heavy atom. The standard InChI is InChI=1S/C22H31FN4O2/c23-19-8-6-18(7-9-19)16-25-12-5-13-26(15-14-25)17-27-20(28)22(24-21(27)29)10-3-1-2-4-11-22/h6-9H,1-5,10-17H2,(H,24,29). The van der Waals surface area contributed by atoms with Gasteiger partial charge in [-0.15, -0.1) is 0 Å². The van der Waals surface area contributed by atoms with Crippen molar-refractivity contribution in [3.8, 4) is 0 Å². The van der Waals surface area contributed by atoms with Crippen LogP contribution in [-0.2, 0) is 11.3 Å². The van der Waals surface area contributed by atoms with Gasteiger partial charge in [-0.25, -0.2) is 14.1 Å². The quantitative estimate of drug-likeness (QED) is 0.787. The Balaban J connectivity index is 1.33. The van der Waals surface area contributed by atoms with Crippen LogP contribution in [0.25, 0.3) is 0 Å². The number of halogens is 1. The number of rotatable bonds is 4. The normalized spacial score (nSPS) is 23.8. The van der Waals surface area contributed by atoms with Crippen LogP contribution in [0.15, 0.2) is 24.3 Å². The summed E-state index contributed by atoms with van der Waals surface area (Å²) in [6.45, 7) is 4.66. The molecule has 2 aliphatic heterocycles. The van der Waals surface area contributed by atoms with Gasteiger partial charge in [0.1, 0.15) is 11.4 Å². The summed E-state index contributed by atoms with van der Waals surface area (Å²) in [6, 6.07) is 6.43. The van der Waals surface area contributed by atoms with Gasteiger partial charge in [0.2, 0.25) is 0 Å². The van der Waals surface area contributed by atoms with E-state index in [9.17, 15) is 14.0 Å². The molecule has 4 rings (SSSR count). The summed E-state index contributed by atoms with van der Waals surface area (Å²) in [5.41, 5.74) is 0.442. The molecule has 1 aliphatic carbocycles. The lowest BCUT2D eigenvalue weighted by molar-refractivity contribution is -0.133. The van der Waals surface area contributed by atoms with Gasteiger partial charge in [0.15, 0.2) is 0 Å². The molecule has 3 fully saturated rings. The van der Waals surface area contributed by atoms with Gasteiger partial charge in [0.05, 0.1) is 6.67 Å². The van der Waals surface area contributed by atoms with Crippen molar-refractivity contribution in [3.63, 3.8) is 0 Å². The van der Waals surface area contributed by atoms with Gasteiger partial charge >= 0.3 is 6.03 Å². The zero-order valence-corrected chi connectivity index (χ0v) is 17.0. The van der Waals surface area contributed by atoms with E-state index in [0.717, 1.165) is 83.2 Å². The summed E-state index contributed by atoms with van der Waals surface area (Å²) in [5.74, 6) is -0.243. The van der Waals surface area contributed by atoms with E-state index >= 15 is 0 Å². The predicted molar refractivity (Wildman–Crippen MR) is 109 cm³/mol. The van der Waals surface area contributed by atoms with Crippen molar-refractivity contribution in [2.45, 2.75) is 57.0 Å². The summed E-state index contributed by atoms with van der Waals surface area (Å²) in [4.78, 5) is 31.7. The molecule has 1 spiro atoms. The molecule has 29 heavy (non-hydrogen) atoms. The van der Waals surface area contributed by atoms with Crippen LogP contribution in [0.1, 0.15) is 50.5 Å². The Hall–Kier alpha value is -1.99. The second-order valence-corrected chi connectivity index (χ2v) is 8.68. The maximum Gasteiger partial charge on any atom is 0.326 e. The molecule has 1 aromatic carbocycles. The molecule has 6 nitrogen and oxygen atoms in total. The maximum absolute atomic E-state index is 13.1. The number of hydrogen-bond acceptors (Lipinski definition) is 4. The number of urea groups is 1. The number of carbonyl (C=O) groups is 2. The number of nitrogens with one attached hydrogen (secondary N) is 1. The van der Waals surface area contributed by atoms with E-state index in [0.29, 0.717) is 6.67 Å². The number of imide groups is 1. The molecule has 1 aromatic rings. The van der Waals surface area contributed by atoms with E-state index in [-0.39, 0.29) is 17.8 Å². The van der Waals surface area contributed by atoms with Crippen LogP contribution < -0.4 is 5.32 Å². The summed E-state index contributed by atoms with van der Waals surface area (Å²) >= 11 is 0. The van der Waals surface area contributed by atoms with Gasteiger partial charge in [-0.05, 0) is 43.5 Å². The highest BCUT2D eigenvalue weighted by Gasteiger charge is 2.50. The number of nitrogens with zero attached hydrogens (tertiary/aromatic N) is 3. The van der Waals surface area contributed by atoms with E-state index in [1.807, 2.05) is 12.1 Å². The van der Waals surface area contributed by atoms with Crippen molar-refractivity contribution in [2.75, 3.05) is 32.8 Å². The van der Waals surface area contributed by atoms with Crippen LogP contribution in [0.2, 0.25) is 0 Å². The van der Waals surface area contributed by atoms with Gasteiger partial charge in [-0.3, -0.25) is 14.6 Å². The van der Waals surface area contributed by atoms with Gasteiger partial charge in [0.25, 0.3) is 5.91 Å². The lowest BCUT2D eigenvalue weighted by atomic mass is 9.90. The first-order valence-corrected chi connectivity index (χ1v) is 10.9. The first-order chi connectivity index (χ1) is 14.1. The van der Waals surface area contributed by atoms with E-state index in [4.69, 9.17) is 0 Å². The van der Waals surface area contributed by atoms with Crippen molar-refractivity contribution >= 4 is 11.9 Å². The van der Waals surface area contributed by atoms with E-state index in [1.165, 1.54) is 17.0 Å². The highest BCUT2D eigenvalue weighted by molar-refractivity contribution is 6.07. The molecule has 2 heterocycles. The molecular weight excluding hydrogens is 371 g/mol. The molecule has 1 saturated carbocycles. The zero-order chi connectivity index (χ0) is 20.3. The number of benzene rings is 1. The molecule has 0 unspecified atom stereocenters. The second-order valence-electron chi connectivity index (χ2n) is 8.68. The summed E-state index contributed by atoms with van der Waals surface area (Å²) < 4.78 is 13.1. The smallest absolute Gasteiger partial charge is 0.323 e. The fourth-order valence-electron chi connectivity index (χ4n) is 4.85. The van der Waals surface area contributed by atoms with Gasteiger partial charge in [0, 0.05) is 26.2 Å². The van der Waals surface area contributed by atoms with Gasteiger partial charge < -0.3 is 5.32 Å². The largest absolute Gasteiger partial charge is 0.326 e. The number of amides is 3. The van der Waals surface area contributed by atoms with E-state index < -0.39 is 5.54 Å². The van der Waals surface area contributed by atoms with E-state index in [1.54, 1.807) is 0 Å². The molecule has 0 atom stereocenters. The third-order valence-corrected chi connectivity index (χ3v) is 6.55. The summed E-state index contributed by atoms with van der Waals surface area (Å²) in [7, 11) is 0. The SMILES string of the molecule is O=C1NC2(CCCCCC2)C(=O)N1CN1CCCN(Cc2ccc(F)cc2)CC1. The van der Waals surface area contributed by atoms with Crippen LogP contribution >= 0.6 is 0 Å². The van der Waals surface area contributed by atoms with Crippen LogP contribution in [-0.4, -0.2) is 65.0 Å². The molecule has 2 saturated heterocycles. The minimum Gasteiger partial charge on any atom is -0.323 e. The lowest BCUT2D eigenvalue weighted by Gasteiger charge is -2.27. The monoisotopic (exact) mass is 402 g/mol. The molecule has 0 bridgehead atoms. The molecular formula is C22H31FN4O2. The summed E-state index contributed by atoms with van der Waals surface area (Å²) in [5, 5.41) is 3.03. The van der Waals surface area contributed by atoms with Crippen LogP contribution in [0.3, 0.4) is 0 Å². The second kappa shape index (κ2) is 8.79. The average Bonchev–Trinajstić information content (AvgIpc) is 2.97. The third kappa shape index (κ3) is 4.61. The number of carbonyl (C=O) groups excluding carboxylic acids is 2. The van der Waals surface area contributed by atoms with Crippen molar-refractivity contribution in [2.24, 2.45) is 0 Å². The lowest BCUT2D eigenvalue weighted by Crippen LogP contribution is -2.47. The van der Waals surface area contributed by atoms with Gasteiger partial charge in [-0.1, -0.05) is 37.8 Å². The first-order valence-electron chi connectivity index (χ1n) is 10.9. The molecule has 7 heteroatoms. The molecule has 158 valence electrons. The van der Waals surface area contributed by atoms with Crippen LogP contribution in [0.5, 0.6) is 0 Å². The highest BCUT2D eigenvalue weighted by atomic mass is 19.1. The van der Waals surface area contributed by atoms with Crippen molar-refractivity contribution in [1.82, 2.24) is 20.0 Å². The molecule has 0 aromatic heterocycles. The highest BCUT2D eigenvalue weighted by Crippen LogP contribution is 2.32. The topological polar surface area (TPSA) is 55.9 Å². The Labute approximate surface area is 172 Å². The molecule has 3 amide bonds. The van der Waals surface area contributed by atoms with Crippen molar-refractivity contribution in [3.05, 3.63) is 35.6 Å². The fourth-order valence-corrected chi connectivity index (χ4v) is 4.85. The molecule has 0 radical (unpaired) electrons. The van der Waals surface area contributed by atoms with Crippen LogP contribution in [0.4, 0.5) is 9.18 Å². The van der Waals surface area contributed by atoms with Gasteiger partial charge in [-0.2, -0.15) is 0 Å². The summed E-state index contributed by atoms with van der Waals surface area (Å²) in [6.07, 6.45) is 6.79. The minimum atomic E-state index is -0.659. The molecule has 1 N–H and O–H groups in total. The van der Waals surface area contributed by atoms with E-state index in [2.05, 4.69) is 15.1 Å². The maximum atomic E-state index is 13.1. The minimum absolute atomic E-state index is 0.0307. The third-order valence-electron chi connectivity index (χ3n) is 6.55. The van der Waals surface area contributed by atoms with Crippen molar-refractivity contribution < 1.29 is 14.0 Å². The van der Waals surface area contributed by atoms with Crippen LogP contribution in [0, 0.1) is 5.82 Å². The van der Waals surface area contributed by atoms with Crippen molar-refractivity contribution in [1.29, 1.82) is 0 Å². The fraction of sp³-hybridized carbons (Fsp3) is 0.636. The molecule has 3 aliphatic rings. The Morgan fingerprint density at radius 1 is 0.862 bits per heavy atom. The zero-order valence-electron chi connectivity index (χ0n) is 17.0.